The van der Waals surface area contributed by atoms with Crippen LogP contribution in [0.5, 0.6) is 11.5 Å². The van der Waals surface area contributed by atoms with Crippen molar-refractivity contribution in [3.8, 4) is 22.8 Å². The van der Waals surface area contributed by atoms with Gasteiger partial charge in [0.2, 0.25) is 11.2 Å². The van der Waals surface area contributed by atoms with Gasteiger partial charge in [-0.3, -0.25) is 4.79 Å². The fourth-order valence-corrected chi connectivity index (χ4v) is 4.50. The summed E-state index contributed by atoms with van der Waals surface area (Å²) < 4.78 is 18.3. The van der Waals surface area contributed by atoms with Gasteiger partial charge in [0.15, 0.2) is 5.76 Å². The molecule has 5 heteroatoms. The number of fused-ring (bicyclic) bond motifs is 2. The van der Waals surface area contributed by atoms with Gasteiger partial charge in [-0.15, -0.1) is 0 Å². The molecule has 0 saturated carbocycles. The van der Waals surface area contributed by atoms with Gasteiger partial charge < -0.3 is 13.9 Å². The van der Waals surface area contributed by atoms with Crippen LogP contribution in [0.25, 0.3) is 33.1 Å². The standard InChI is InChI=1S/C32H29ClO4/c1-32(2,3)23-14-12-22(13-15-23)30-31(29(34)26-20-24(33)16-17-28(26)37-30)36-19-7-18-35-27-11-6-9-21-8-4-5-10-25(21)27/h4-6,8-17,20H,7,18-19H2,1-3H3. The lowest BCUT2D eigenvalue weighted by Gasteiger charge is -2.19. The molecule has 4 nitrogen and oxygen atoms in total. The van der Waals surface area contributed by atoms with Crippen LogP contribution in [0.15, 0.2) is 94.1 Å². The van der Waals surface area contributed by atoms with Crippen LogP contribution in [0, 0.1) is 0 Å². The fraction of sp³-hybridized carbons (Fsp3) is 0.219. The molecule has 0 aliphatic rings. The maximum atomic E-state index is 13.5. The minimum Gasteiger partial charge on any atom is -0.493 e. The first-order valence-corrected chi connectivity index (χ1v) is 12.8. The Morgan fingerprint density at radius 1 is 0.811 bits per heavy atom. The minimum absolute atomic E-state index is 0.0168. The summed E-state index contributed by atoms with van der Waals surface area (Å²) >= 11 is 6.17. The molecule has 1 heterocycles. The third-order valence-electron chi connectivity index (χ3n) is 6.37. The van der Waals surface area contributed by atoms with Gasteiger partial charge in [-0.25, -0.2) is 0 Å². The smallest absolute Gasteiger partial charge is 0.235 e. The summed E-state index contributed by atoms with van der Waals surface area (Å²) in [5, 5.41) is 3.06. The van der Waals surface area contributed by atoms with Gasteiger partial charge in [0.25, 0.3) is 0 Å². The van der Waals surface area contributed by atoms with E-state index in [2.05, 4.69) is 45.0 Å². The second kappa shape index (κ2) is 10.3. The number of hydrogen-bond acceptors (Lipinski definition) is 4. The van der Waals surface area contributed by atoms with Crippen molar-refractivity contribution in [3.63, 3.8) is 0 Å². The average molecular weight is 513 g/mol. The maximum Gasteiger partial charge on any atom is 0.235 e. The van der Waals surface area contributed by atoms with Crippen LogP contribution in [0.4, 0.5) is 0 Å². The van der Waals surface area contributed by atoms with Crippen LogP contribution in [-0.2, 0) is 5.41 Å². The molecule has 0 bridgehead atoms. The lowest BCUT2D eigenvalue weighted by Crippen LogP contribution is -2.13. The quantitative estimate of drug-likeness (QED) is 0.205. The molecule has 0 aliphatic carbocycles. The Bertz CT molecular complexity index is 1610. The second-order valence-corrected chi connectivity index (χ2v) is 10.5. The molecule has 0 fully saturated rings. The monoisotopic (exact) mass is 512 g/mol. The Kier molecular flexibility index (Phi) is 6.94. The number of benzene rings is 4. The summed E-state index contributed by atoms with van der Waals surface area (Å²) in [5.74, 6) is 1.43. The molecule has 1 aromatic heterocycles. The summed E-state index contributed by atoms with van der Waals surface area (Å²) in [7, 11) is 0. The Labute approximate surface area is 221 Å². The predicted octanol–water partition coefficient (Wildman–Crippen LogP) is 8.41. The molecular formula is C32H29ClO4. The van der Waals surface area contributed by atoms with Crippen molar-refractivity contribution in [3.05, 3.63) is 106 Å². The highest BCUT2D eigenvalue weighted by atomic mass is 35.5. The van der Waals surface area contributed by atoms with E-state index in [9.17, 15) is 4.79 Å². The van der Waals surface area contributed by atoms with E-state index >= 15 is 0 Å². The van der Waals surface area contributed by atoms with Crippen LogP contribution in [0.2, 0.25) is 5.02 Å². The molecule has 0 aliphatic heterocycles. The average Bonchev–Trinajstić information content (AvgIpc) is 2.89. The van der Waals surface area contributed by atoms with Crippen LogP contribution < -0.4 is 14.9 Å². The third-order valence-corrected chi connectivity index (χ3v) is 6.60. The minimum atomic E-state index is -0.242. The van der Waals surface area contributed by atoms with E-state index in [0.717, 1.165) is 22.1 Å². The van der Waals surface area contributed by atoms with E-state index in [0.29, 0.717) is 41.4 Å². The van der Waals surface area contributed by atoms with Crippen molar-refractivity contribution >= 4 is 33.3 Å². The van der Waals surface area contributed by atoms with Crippen LogP contribution in [0.3, 0.4) is 0 Å². The van der Waals surface area contributed by atoms with Gasteiger partial charge in [-0.2, -0.15) is 0 Å². The lowest BCUT2D eigenvalue weighted by molar-refractivity contribution is 0.246. The van der Waals surface area contributed by atoms with Crippen molar-refractivity contribution < 1.29 is 13.9 Å². The van der Waals surface area contributed by atoms with Crippen LogP contribution in [0.1, 0.15) is 32.8 Å². The van der Waals surface area contributed by atoms with Gasteiger partial charge in [0, 0.05) is 22.4 Å². The second-order valence-electron chi connectivity index (χ2n) is 10.1. The summed E-state index contributed by atoms with van der Waals surface area (Å²) in [5.41, 5.74) is 2.22. The molecule has 0 spiro atoms. The van der Waals surface area contributed by atoms with Crippen molar-refractivity contribution in [2.45, 2.75) is 32.6 Å². The van der Waals surface area contributed by atoms with Crippen LogP contribution in [-0.4, -0.2) is 13.2 Å². The summed E-state index contributed by atoms with van der Waals surface area (Å²) in [6, 6.07) is 27.2. The fourth-order valence-electron chi connectivity index (χ4n) is 4.33. The molecule has 0 radical (unpaired) electrons. The van der Waals surface area contributed by atoms with Crippen molar-refractivity contribution in [1.82, 2.24) is 0 Å². The molecule has 0 atom stereocenters. The molecule has 5 aromatic rings. The van der Waals surface area contributed by atoms with Gasteiger partial charge in [-0.1, -0.05) is 93.0 Å². The van der Waals surface area contributed by atoms with Gasteiger partial charge >= 0.3 is 0 Å². The van der Waals surface area contributed by atoms with Gasteiger partial charge in [-0.05, 0) is 40.6 Å². The summed E-state index contributed by atoms with van der Waals surface area (Å²) in [6.45, 7) is 7.24. The SMILES string of the molecule is CC(C)(C)c1ccc(-c2oc3ccc(Cl)cc3c(=O)c2OCCCOc2cccc3ccccc23)cc1. The zero-order valence-electron chi connectivity index (χ0n) is 21.2. The Morgan fingerprint density at radius 3 is 2.32 bits per heavy atom. The highest BCUT2D eigenvalue weighted by Gasteiger charge is 2.20. The molecule has 188 valence electrons. The highest BCUT2D eigenvalue weighted by Crippen LogP contribution is 2.33. The molecule has 4 aromatic carbocycles. The van der Waals surface area contributed by atoms with Gasteiger partial charge in [0.05, 0.1) is 18.6 Å². The number of halogens is 1. The van der Waals surface area contributed by atoms with E-state index < -0.39 is 0 Å². The maximum absolute atomic E-state index is 13.5. The molecule has 5 rings (SSSR count). The van der Waals surface area contributed by atoms with E-state index in [1.54, 1.807) is 18.2 Å². The summed E-state index contributed by atoms with van der Waals surface area (Å²) in [6.07, 6.45) is 0.596. The highest BCUT2D eigenvalue weighted by molar-refractivity contribution is 6.31. The molecule has 0 amide bonds. The lowest BCUT2D eigenvalue weighted by atomic mass is 9.86. The van der Waals surface area contributed by atoms with E-state index in [1.165, 1.54) is 5.56 Å². The Hall–Kier alpha value is -3.76. The van der Waals surface area contributed by atoms with Crippen molar-refractivity contribution in [2.75, 3.05) is 13.2 Å². The van der Waals surface area contributed by atoms with E-state index in [4.69, 9.17) is 25.5 Å². The topological polar surface area (TPSA) is 48.7 Å². The third kappa shape index (κ3) is 5.35. The molecule has 0 saturated heterocycles. The molecule has 0 unspecified atom stereocenters. The van der Waals surface area contributed by atoms with Crippen molar-refractivity contribution in [2.24, 2.45) is 0 Å². The van der Waals surface area contributed by atoms with Crippen molar-refractivity contribution in [1.29, 1.82) is 0 Å². The molecule has 0 N–H and O–H groups in total. The zero-order valence-corrected chi connectivity index (χ0v) is 22.0. The van der Waals surface area contributed by atoms with Crippen LogP contribution >= 0.6 is 11.6 Å². The predicted molar refractivity (Wildman–Crippen MR) is 151 cm³/mol. The zero-order chi connectivity index (χ0) is 26.0. The largest absolute Gasteiger partial charge is 0.493 e. The van der Waals surface area contributed by atoms with Gasteiger partial charge in [0.1, 0.15) is 11.3 Å². The Morgan fingerprint density at radius 2 is 1.54 bits per heavy atom. The van der Waals surface area contributed by atoms with E-state index in [1.807, 2.05) is 42.5 Å². The first kappa shape index (κ1) is 24.9. The van der Waals surface area contributed by atoms with E-state index in [-0.39, 0.29) is 16.6 Å². The summed E-state index contributed by atoms with van der Waals surface area (Å²) in [4.78, 5) is 13.5. The number of hydrogen-bond donors (Lipinski definition) is 0. The normalized spacial score (nSPS) is 11.7. The number of rotatable bonds is 7. The molecule has 37 heavy (non-hydrogen) atoms. The first-order valence-electron chi connectivity index (χ1n) is 12.4. The Balaban J connectivity index is 1.38. The molecular weight excluding hydrogens is 484 g/mol. The number of ether oxygens (including phenoxy) is 2. The first-order chi connectivity index (χ1) is 17.8.